The van der Waals surface area contributed by atoms with Gasteiger partial charge in [-0.2, -0.15) is 0 Å². The molecule has 6 nitrogen and oxygen atoms in total. The Morgan fingerprint density at radius 2 is 0.769 bits per heavy atom. The number of carbonyl (C=O) groups excluding carboxylic acids is 2. The Morgan fingerprint density at radius 3 is 1.22 bits per heavy atom. The first-order chi connectivity index (χ1) is 32.0. The highest BCUT2D eigenvalue weighted by Gasteiger charge is 2.18. The minimum Gasteiger partial charge on any atom is -0.466 e. The third-order valence-electron chi connectivity index (χ3n) is 12.8. The fraction of sp³-hybridized carbons (Fsp3) is 0.831. The molecular weight excluding hydrogens is 803 g/mol. The Bertz CT molecular complexity index is 1100. The van der Waals surface area contributed by atoms with E-state index in [0.29, 0.717) is 19.4 Å². The number of esters is 1. The Labute approximate surface area is 404 Å². The van der Waals surface area contributed by atoms with Gasteiger partial charge >= 0.3 is 5.97 Å². The van der Waals surface area contributed by atoms with Gasteiger partial charge in [-0.1, -0.05) is 236 Å². The van der Waals surface area contributed by atoms with E-state index in [9.17, 15) is 19.8 Å². The maximum atomic E-state index is 12.5. The summed E-state index contributed by atoms with van der Waals surface area (Å²) >= 11 is 0. The summed E-state index contributed by atoms with van der Waals surface area (Å²) in [5.74, 6) is -0.144. The second-order valence-corrected chi connectivity index (χ2v) is 19.3. The smallest absolute Gasteiger partial charge is 0.305 e. The van der Waals surface area contributed by atoms with Crippen molar-refractivity contribution < 1.29 is 24.5 Å². The molecule has 0 radical (unpaired) electrons. The Morgan fingerprint density at radius 1 is 0.431 bits per heavy atom. The zero-order chi connectivity index (χ0) is 47.2. The molecule has 0 spiro atoms. The van der Waals surface area contributed by atoms with E-state index in [2.05, 4.69) is 55.6 Å². The number of hydrogen-bond acceptors (Lipinski definition) is 5. The van der Waals surface area contributed by atoms with Crippen LogP contribution in [0.1, 0.15) is 290 Å². The fourth-order valence-corrected chi connectivity index (χ4v) is 8.42. The van der Waals surface area contributed by atoms with Crippen molar-refractivity contribution in [2.75, 3.05) is 13.2 Å². The molecule has 0 heterocycles. The summed E-state index contributed by atoms with van der Waals surface area (Å²) in [4.78, 5) is 24.5. The second kappa shape index (κ2) is 54.4. The van der Waals surface area contributed by atoms with Crippen molar-refractivity contribution in [1.29, 1.82) is 0 Å². The predicted octanol–water partition coefficient (Wildman–Crippen LogP) is 17.4. The number of carbonyl (C=O) groups is 2. The zero-order valence-corrected chi connectivity index (χ0v) is 43.2. The van der Waals surface area contributed by atoms with Crippen LogP contribution in [0.4, 0.5) is 0 Å². The lowest BCUT2D eigenvalue weighted by molar-refractivity contribution is -0.143. The number of hydrogen-bond donors (Lipinski definition) is 3. The molecule has 0 aromatic rings. The third kappa shape index (κ3) is 51.1. The molecule has 0 rings (SSSR count). The van der Waals surface area contributed by atoms with Crippen LogP contribution >= 0.6 is 0 Å². The molecule has 0 aliphatic heterocycles. The first-order valence-corrected chi connectivity index (χ1v) is 28.4. The summed E-state index contributed by atoms with van der Waals surface area (Å²) in [6.45, 7) is 4.80. The summed E-state index contributed by atoms with van der Waals surface area (Å²) in [5.41, 5.74) is 0. The average molecular weight is 913 g/mol. The van der Waals surface area contributed by atoms with Crippen LogP contribution in [0.2, 0.25) is 0 Å². The average Bonchev–Trinajstić information content (AvgIpc) is 3.31. The van der Waals surface area contributed by atoms with Gasteiger partial charge in [0.15, 0.2) is 0 Å². The maximum Gasteiger partial charge on any atom is 0.305 e. The lowest BCUT2D eigenvalue weighted by atomic mass is 10.0. The molecule has 0 fully saturated rings. The molecule has 1 amide bonds. The number of allylic oxidation sites excluding steroid dienone is 7. The molecule has 0 aliphatic carbocycles. The standard InChI is InChI=1S/C59H109NO5/c1-3-5-7-9-11-13-15-17-19-20-21-22-23-24-25-27-28-31-35-39-43-47-51-57(62)56(55-61)60-58(63)52-48-44-40-36-32-30-34-38-42-46-50-54-65-59(64)53-49-45-41-37-33-29-26-18-16-14-12-10-8-6-4-2/h12,14,18,26,34,38,47,51,56-57,61-62H,3-11,13,15-17,19-25,27-33,35-37,39-46,48-50,52-55H2,1-2H3,(H,60,63)/b14-12-,26-18-,38-34-,51-47+. The summed E-state index contributed by atoms with van der Waals surface area (Å²) in [6, 6.07) is -0.652. The van der Waals surface area contributed by atoms with Crippen LogP contribution in [0.5, 0.6) is 0 Å². The lowest BCUT2D eigenvalue weighted by Gasteiger charge is -2.20. The van der Waals surface area contributed by atoms with E-state index in [0.717, 1.165) is 96.3 Å². The molecule has 0 aromatic heterocycles. The molecule has 65 heavy (non-hydrogen) atoms. The first kappa shape index (κ1) is 62.8. The fourth-order valence-electron chi connectivity index (χ4n) is 8.42. The van der Waals surface area contributed by atoms with Gasteiger partial charge in [0.2, 0.25) is 5.91 Å². The monoisotopic (exact) mass is 912 g/mol. The Hall–Kier alpha value is -2.18. The van der Waals surface area contributed by atoms with Crippen LogP contribution in [0.25, 0.3) is 0 Å². The van der Waals surface area contributed by atoms with Crippen molar-refractivity contribution in [3.63, 3.8) is 0 Å². The normalized spacial score (nSPS) is 13.0. The largest absolute Gasteiger partial charge is 0.466 e. The summed E-state index contributed by atoms with van der Waals surface area (Å²) < 4.78 is 5.43. The molecule has 0 saturated carbocycles. The van der Waals surface area contributed by atoms with E-state index in [4.69, 9.17) is 4.74 Å². The quantitative estimate of drug-likeness (QED) is 0.0321. The SMILES string of the molecule is CCCCC/C=C\C/C=C\CCCCCCCC(=O)OCCCC/C=C\CCCCCCCC(=O)NC(CO)C(O)/C=C/CCCCCCCCCCCCCCCCCCCCCC. The van der Waals surface area contributed by atoms with Crippen molar-refractivity contribution in [2.45, 2.75) is 302 Å². The van der Waals surface area contributed by atoms with Gasteiger partial charge in [-0.05, 0) is 89.9 Å². The molecule has 2 unspecified atom stereocenters. The molecule has 6 heteroatoms. The minimum atomic E-state index is -0.865. The van der Waals surface area contributed by atoms with E-state index < -0.39 is 12.1 Å². The van der Waals surface area contributed by atoms with Crippen LogP contribution in [0, 0.1) is 0 Å². The summed E-state index contributed by atoms with van der Waals surface area (Å²) in [5, 5.41) is 23.1. The summed E-state index contributed by atoms with van der Waals surface area (Å²) in [7, 11) is 0. The van der Waals surface area contributed by atoms with Crippen molar-refractivity contribution in [3.05, 3.63) is 48.6 Å². The zero-order valence-electron chi connectivity index (χ0n) is 43.2. The van der Waals surface area contributed by atoms with Gasteiger partial charge in [-0.25, -0.2) is 0 Å². The number of rotatable bonds is 52. The number of nitrogens with one attached hydrogen (secondary N) is 1. The number of amides is 1. The summed E-state index contributed by atoms with van der Waals surface area (Å²) in [6.07, 6.45) is 68.4. The van der Waals surface area contributed by atoms with Crippen molar-refractivity contribution in [3.8, 4) is 0 Å². The van der Waals surface area contributed by atoms with Crippen molar-refractivity contribution >= 4 is 11.9 Å². The number of unbranched alkanes of at least 4 members (excludes halogenated alkanes) is 35. The highest BCUT2D eigenvalue weighted by molar-refractivity contribution is 5.76. The van der Waals surface area contributed by atoms with Gasteiger partial charge in [-0.15, -0.1) is 0 Å². The van der Waals surface area contributed by atoms with Crippen LogP contribution < -0.4 is 5.32 Å². The lowest BCUT2D eigenvalue weighted by Crippen LogP contribution is -2.45. The number of ether oxygens (including phenoxy) is 1. The number of aliphatic hydroxyl groups is 2. The van der Waals surface area contributed by atoms with E-state index in [1.807, 2.05) is 6.08 Å². The third-order valence-corrected chi connectivity index (χ3v) is 12.8. The van der Waals surface area contributed by atoms with Gasteiger partial charge < -0.3 is 20.3 Å². The minimum absolute atomic E-state index is 0.0471. The van der Waals surface area contributed by atoms with E-state index in [1.165, 1.54) is 167 Å². The van der Waals surface area contributed by atoms with Gasteiger partial charge in [0, 0.05) is 12.8 Å². The highest BCUT2D eigenvalue weighted by atomic mass is 16.5. The van der Waals surface area contributed by atoms with Gasteiger partial charge in [0.05, 0.1) is 25.4 Å². The molecule has 380 valence electrons. The molecular formula is C59H109NO5. The Balaban J connectivity index is 3.56. The van der Waals surface area contributed by atoms with Gasteiger partial charge in [0.25, 0.3) is 0 Å². The van der Waals surface area contributed by atoms with E-state index in [-0.39, 0.29) is 18.5 Å². The Kier molecular flexibility index (Phi) is 52.6. The topological polar surface area (TPSA) is 95.9 Å². The first-order valence-electron chi connectivity index (χ1n) is 28.4. The molecule has 0 bridgehead atoms. The van der Waals surface area contributed by atoms with Crippen LogP contribution in [0.3, 0.4) is 0 Å². The maximum absolute atomic E-state index is 12.5. The van der Waals surface area contributed by atoms with E-state index >= 15 is 0 Å². The molecule has 0 saturated heterocycles. The van der Waals surface area contributed by atoms with Gasteiger partial charge in [-0.3, -0.25) is 9.59 Å². The second-order valence-electron chi connectivity index (χ2n) is 19.3. The van der Waals surface area contributed by atoms with E-state index in [1.54, 1.807) is 6.08 Å². The molecule has 3 N–H and O–H groups in total. The molecule has 0 aromatic carbocycles. The van der Waals surface area contributed by atoms with Crippen LogP contribution in [-0.4, -0.2) is 47.4 Å². The predicted molar refractivity (Wildman–Crippen MR) is 282 cm³/mol. The highest BCUT2D eigenvalue weighted by Crippen LogP contribution is 2.16. The molecule has 2 atom stereocenters. The van der Waals surface area contributed by atoms with Gasteiger partial charge in [0.1, 0.15) is 0 Å². The molecule has 0 aliphatic rings. The van der Waals surface area contributed by atoms with Crippen LogP contribution in [-0.2, 0) is 14.3 Å². The van der Waals surface area contributed by atoms with Crippen molar-refractivity contribution in [2.24, 2.45) is 0 Å². The number of aliphatic hydroxyl groups excluding tert-OH is 2. The van der Waals surface area contributed by atoms with Crippen LogP contribution in [0.15, 0.2) is 48.6 Å². The van der Waals surface area contributed by atoms with Crippen molar-refractivity contribution in [1.82, 2.24) is 5.32 Å².